The van der Waals surface area contributed by atoms with Crippen molar-refractivity contribution in [1.82, 2.24) is 9.78 Å². The van der Waals surface area contributed by atoms with Gasteiger partial charge in [0.25, 0.3) is 0 Å². The third kappa shape index (κ3) is 2.29. The zero-order valence-corrected chi connectivity index (χ0v) is 14.1. The van der Waals surface area contributed by atoms with Gasteiger partial charge < -0.3 is 20.0 Å². The van der Waals surface area contributed by atoms with Crippen LogP contribution in [0.4, 0.5) is 5.82 Å². The number of aliphatic carboxylic acids is 1. The molecule has 4 bridgehead atoms. The van der Waals surface area contributed by atoms with Crippen LogP contribution in [0.3, 0.4) is 0 Å². The number of hydrogen-bond acceptors (Lipinski definition) is 5. The Morgan fingerprint density at radius 1 is 1.39 bits per heavy atom. The first-order valence-corrected chi connectivity index (χ1v) is 8.70. The number of rotatable bonds is 4. The van der Waals surface area contributed by atoms with Crippen molar-refractivity contribution in [2.45, 2.75) is 50.5 Å². The van der Waals surface area contributed by atoms with Crippen molar-refractivity contribution >= 4 is 27.7 Å². The average Bonchev–Trinajstić information content (AvgIpc) is 2.78. The van der Waals surface area contributed by atoms with Crippen LogP contribution >= 0.6 is 15.9 Å². The number of hydrogen-bond donors (Lipinski definition) is 0. The molecule has 0 amide bonds. The van der Waals surface area contributed by atoms with Gasteiger partial charge in [-0.2, -0.15) is 4.68 Å². The van der Waals surface area contributed by atoms with Gasteiger partial charge in [-0.25, -0.2) is 0 Å². The second-order valence-electron chi connectivity index (χ2n) is 7.74. The molecular formula is C15H17BrN3O4-. The van der Waals surface area contributed by atoms with Crippen LogP contribution in [0.5, 0.6) is 0 Å². The SMILES string of the molecule is O=C([O-])CC12C[C@H]3C[C@@H](C1)CC(n1cc(Br)c([N+](=O)[O-])n1)(C3)C2. The molecule has 1 aromatic heterocycles. The van der Waals surface area contributed by atoms with Gasteiger partial charge in [0.15, 0.2) is 0 Å². The van der Waals surface area contributed by atoms with E-state index in [0.717, 1.165) is 38.5 Å². The Kier molecular flexibility index (Phi) is 3.14. The Morgan fingerprint density at radius 3 is 2.57 bits per heavy atom. The zero-order chi connectivity index (χ0) is 16.4. The molecule has 4 fully saturated rings. The second-order valence-corrected chi connectivity index (χ2v) is 8.59. The Morgan fingerprint density at radius 2 is 2.04 bits per heavy atom. The van der Waals surface area contributed by atoms with E-state index in [1.807, 2.05) is 0 Å². The fourth-order valence-corrected chi connectivity index (χ4v) is 6.31. The lowest BCUT2D eigenvalue weighted by Gasteiger charge is -2.61. The van der Waals surface area contributed by atoms with Crippen molar-refractivity contribution < 1.29 is 14.8 Å². The van der Waals surface area contributed by atoms with Gasteiger partial charge in [0, 0.05) is 5.97 Å². The van der Waals surface area contributed by atoms with Gasteiger partial charge in [0.05, 0.1) is 16.8 Å². The van der Waals surface area contributed by atoms with Crippen molar-refractivity contribution in [2.24, 2.45) is 17.3 Å². The van der Waals surface area contributed by atoms with Crippen LogP contribution in [-0.2, 0) is 10.3 Å². The van der Waals surface area contributed by atoms with Crippen molar-refractivity contribution in [3.63, 3.8) is 0 Å². The molecule has 0 aliphatic heterocycles. The molecule has 0 spiro atoms. The molecular weight excluding hydrogens is 366 g/mol. The fraction of sp³-hybridized carbons (Fsp3) is 0.733. The second kappa shape index (κ2) is 4.78. The van der Waals surface area contributed by atoms with E-state index in [1.54, 1.807) is 10.9 Å². The molecule has 2 unspecified atom stereocenters. The van der Waals surface area contributed by atoms with Gasteiger partial charge >= 0.3 is 5.82 Å². The average molecular weight is 383 g/mol. The third-order valence-electron chi connectivity index (χ3n) is 5.98. The standard InChI is InChI=1S/C15H18BrN3O4/c16-11-7-18(17-13(11)19(22)23)15-4-9-1-10(5-15)3-14(2-9,8-15)6-12(20)21/h7,9-10H,1-6,8H2,(H,20,21)/p-1/t9-,10+,14?,15?. The van der Waals surface area contributed by atoms with Crippen LogP contribution < -0.4 is 5.11 Å². The molecule has 23 heavy (non-hydrogen) atoms. The summed E-state index contributed by atoms with van der Waals surface area (Å²) in [5.74, 6) is -0.195. The van der Waals surface area contributed by atoms with Crippen LogP contribution in [0.25, 0.3) is 0 Å². The van der Waals surface area contributed by atoms with Gasteiger partial charge in [-0.05, 0) is 83.0 Å². The monoisotopic (exact) mass is 382 g/mol. The maximum Gasteiger partial charge on any atom is 0.404 e. The zero-order valence-electron chi connectivity index (χ0n) is 12.5. The first-order chi connectivity index (χ1) is 10.8. The highest BCUT2D eigenvalue weighted by atomic mass is 79.9. The Bertz CT molecular complexity index is 687. The Hall–Kier alpha value is -1.44. The number of carbonyl (C=O) groups is 1. The third-order valence-corrected chi connectivity index (χ3v) is 6.54. The predicted molar refractivity (Wildman–Crippen MR) is 81.3 cm³/mol. The number of halogens is 1. The number of carboxylic acid groups (broad SMARTS) is 1. The number of aromatic nitrogens is 2. The molecule has 0 N–H and O–H groups in total. The van der Waals surface area contributed by atoms with Crippen LogP contribution in [-0.4, -0.2) is 20.7 Å². The molecule has 1 heterocycles. The first kappa shape index (κ1) is 15.1. The minimum Gasteiger partial charge on any atom is -0.550 e. The van der Waals surface area contributed by atoms with Crippen LogP contribution in [0, 0.1) is 27.4 Å². The molecule has 7 nitrogen and oxygen atoms in total. The maximum atomic E-state index is 11.2. The quantitative estimate of drug-likeness (QED) is 0.585. The molecule has 0 saturated heterocycles. The van der Waals surface area contributed by atoms with E-state index in [0.29, 0.717) is 16.3 Å². The van der Waals surface area contributed by atoms with Crippen LogP contribution in [0.2, 0.25) is 0 Å². The summed E-state index contributed by atoms with van der Waals surface area (Å²) in [6, 6.07) is 0. The van der Waals surface area contributed by atoms with Gasteiger partial charge in [0.1, 0.15) is 4.47 Å². The molecule has 124 valence electrons. The van der Waals surface area contributed by atoms with Crippen molar-refractivity contribution in [2.75, 3.05) is 0 Å². The normalized spacial score (nSPS) is 38.0. The fourth-order valence-electron chi connectivity index (χ4n) is 5.89. The molecule has 4 atom stereocenters. The molecule has 1 aromatic rings. The van der Waals surface area contributed by atoms with Crippen molar-refractivity contribution in [3.05, 3.63) is 20.8 Å². The maximum absolute atomic E-state index is 11.2. The van der Waals surface area contributed by atoms with Gasteiger partial charge in [-0.1, -0.05) is 0 Å². The van der Waals surface area contributed by atoms with E-state index < -0.39 is 10.9 Å². The summed E-state index contributed by atoms with van der Waals surface area (Å²) >= 11 is 3.22. The first-order valence-electron chi connectivity index (χ1n) is 7.91. The van der Waals surface area contributed by atoms with Crippen LogP contribution in [0.15, 0.2) is 10.7 Å². The highest BCUT2D eigenvalue weighted by Gasteiger charge is 2.59. The summed E-state index contributed by atoms with van der Waals surface area (Å²) < 4.78 is 2.13. The topological polar surface area (TPSA) is 101 Å². The van der Waals surface area contributed by atoms with Gasteiger partial charge in [-0.15, -0.1) is 0 Å². The molecule has 0 aromatic carbocycles. The summed E-state index contributed by atoms with van der Waals surface area (Å²) in [6.45, 7) is 0. The largest absolute Gasteiger partial charge is 0.550 e. The highest BCUT2D eigenvalue weighted by molar-refractivity contribution is 9.10. The van der Waals surface area contributed by atoms with Crippen LogP contribution in [0.1, 0.15) is 44.9 Å². The smallest absolute Gasteiger partial charge is 0.404 e. The molecule has 4 aliphatic rings. The summed E-state index contributed by atoms with van der Waals surface area (Å²) in [5.41, 5.74) is -0.508. The number of nitrogens with zero attached hydrogens (tertiary/aromatic N) is 3. The summed E-state index contributed by atoms with van der Waals surface area (Å²) in [7, 11) is 0. The van der Waals surface area contributed by atoms with E-state index in [2.05, 4.69) is 21.0 Å². The van der Waals surface area contributed by atoms with E-state index in [1.165, 1.54) is 0 Å². The lowest BCUT2D eigenvalue weighted by atomic mass is 9.46. The van der Waals surface area contributed by atoms with E-state index >= 15 is 0 Å². The lowest BCUT2D eigenvalue weighted by molar-refractivity contribution is -0.390. The molecule has 8 heteroatoms. The van der Waals surface area contributed by atoms with E-state index in [9.17, 15) is 20.0 Å². The minimum absolute atomic E-state index is 0.0896. The predicted octanol–water partition coefficient (Wildman–Crippen LogP) is 1.99. The molecule has 5 rings (SSSR count). The molecule has 4 aliphatic carbocycles. The van der Waals surface area contributed by atoms with E-state index in [-0.39, 0.29) is 23.2 Å². The van der Waals surface area contributed by atoms with Gasteiger partial charge in [0.2, 0.25) is 0 Å². The molecule has 4 saturated carbocycles. The highest BCUT2D eigenvalue weighted by Crippen LogP contribution is 2.65. The summed E-state index contributed by atoms with van der Waals surface area (Å²) in [6.07, 6.45) is 7.39. The number of nitro groups is 1. The Labute approximate surface area is 141 Å². The summed E-state index contributed by atoms with van der Waals surface area (Å²) in [5, 5.41) is 26.5. The van der Waals surface area contributed by atoms with Crippen molar-refractivity contribution in [1.29, 1.82) is 0 Å². The summed E-state index contributed by atoms with van der Waals surface area (Å²) in [4.78, 5) is 21.8. The van der Waals surface area contributed by atoms with Crippen molar-refractivity contribution in [3.8, 4) is 0 Å². The number of carboxylic acids is 1. The Balaban J connectivity index is 1.74. The molecule has 0 radical (unpaired) electrons. The minimum atomic E-state index is -0.991. The van der Waals surface area contributed by atoms with Gasteiger partial charge in [-0.3, -0.25) is 0 Å². The number of carbonyl (C=O) groups excluding carboxylic acids is 1. The lowest BCUT2D eigenvalue weighted by Crippen LogP contribution is -2.57. The van der Waals surface area contributed by atoms with E-state index in [4.69, 9.17) is 0 Å².